The quantitative estimate of drug-likeness (QED) is 0.784. The van der Waals surface area contributed by atoms with Gasteiger partial charge in [-0.2, -0.15) is 10.5 Å². The van der Waals surface area contributed by atoms with Crippen LogP contribution >= 0.6 is 0 Å². The predicted octanol–water partition coefficient (Wildman–Crippen LogP) is 2.95. The van der Waals surface area contributed by atoms with Gasteiger partial charge < -0.3 is 0 Å². The molecule has 1 aromatic rings. The van der Waals surface area contributed by atoms with Crippen LogP contribution in [0.1, 0.15) is 41.6 Å². The molecule has 4 nitrogen and oxygen atoms in total. The van der Waals surface area contributed by atoms with Crippen LogP contribution in [-0.4, -0.2) is 11.6 Å². The molecule has 2 unspecified atom stereocenters. The molecule has 0 spiro atoms. The van der Waals surface area contributed by atoms with Crippen molar-refractivity contribution in [1.82, 2.24) is 0 Å². The second-order valence-electron chi connectivity index (χ2n) is 5.80. The first-order valence-corrected chi connectivity index (χ1v) is 7.33. The van der Waals surface area contributed by atoms with Gasteiger partial charge in [0.25, 0.3) is 0 Å². The van der Waals surface area contributed by atoms with E-state index in [0.717, 1.165) is 12.8 Å². The number of hydrogen-bond acceptors (Lipinski definition) is 4. The lowest BCUT2D eigenvalue weighted by molar-refractivity contribution is -0.128. The van der Waals surface area contributed by atoms with Crippen molar-refractivity contribution in [2.75, 3.05) is 0 Å². The standard InChI is InChI=1S/C18H14N2O2/c19-10-12-4-6-13(7-5-12)17(22)15-9-8-14-2-1-3-16(21)18(14,15)11-20/h4-7,9,14H,1-3,8H2. The highest BCUT2D eigenvalue weighted by atomic mass is 16.1. The van der Waals surface area contributed by atoms with Gasteiger partial charge in [0.2, 0.25) is 0 Å². The van der Waals surface area contributed by atoms with Gasteiger partial charge in [-0.1, -0.05) is 6.08 Å². The van der Waals surface area contributed by atoms with Crippen LogP contribution in [0.2, 0.25) is 0 Å². The van der Waals surface area contributed by atoms with Crippen LogP contribution in [0.4, 0.5) is 0 Å². The molecular formula is C18H14N2O2. The van der Waals surface area contributed by atoms with E-state index in [1.54, 1.807) is 30.3 Å². The highest BCUT2D eigenvalue weighted by molar-refractivity contribution is 6.15. The molecule has 0 aromatic heterocycles. The number of carbonyl (C=O) groups is 2. The van der Waals surface area contributed by atoms with Crippen molar-refractivity contribution >= 4 is 11.6 Å². The smallest absolute Gasteiger partial charge is 0.190 e. The lowest BCUT2D eigenvalue weighted by Crippen LogP contribution is -2.41. The molecule has 1 aromatic carbocycles. The Bertz CT molecular complexity index is 762. The molecule has 0 bridgehead atoms. The molecule has 0 radical (unpaired) electrons. The van der Waals surface area contributed by atoms with Crippen LogP contribution in [0.5, 0.6) is 0 Å². The zero-order valence-electron chi connectivity index (χ0n) is 12.0. The van der Waals surface area contributed by atoms with Crippen LogP contribution in [0.25, 0.3) is 0 Å². The van der Waals surface area contributed by atoms with Gasteiger partial charge >= 0.3 is 0 Å². The highest BCUT2D eigenvalue weighted by Gasteiger charge is 2.55. The lowest BCUT2D eigenvalue weighted by Gasteiger charge is -2.33. The van der Waals surface area contributed by atoms with Crippen LogP contribution < -0.4 is 0 Å². The highest BCUT2D eigenvalue weighted by Crippen LogP contribution is 2.51. The van der Waals surface area contributed by atoms with Crippen molar-refractivity contribution in [2.24, 2.45) is 11.3 Å². The molecule has 2 aliphatic carbocycles. The van der Waals surface area contributed by atoms with E-state index in [9.17, 15) is 14.9 Å². The Morgan fingerprint density at radius 1 is 1.23 bits per heavy atom. The second-order valence-corrected chi connectivity index (χ2v) is 5.80. The van der Waals surface area contributed by atoms with Gasteiger partial charge in [0.05, 0.1) is 17.7 Å². The first-order valence-electron chi connectivity index (χ1n) is 7.33. The Balaban J connectivity index is 2.00. The number of nitrogens with zero attached hydrogens (tertiary/aromatic N) is 2. The third kappa shape index (κ3) is 1.89. The molecule has 2 atom stereocenters. The third-order valence-electron chi connectivity index (χ3n) is 4.74. The summed E-state index contributed by atoms with van der Waals surface area (Å²) in [4.78, 5) is 25.2. The van der Waals surface area contributed by atoms with Crippen molar-refractivity contribution in [2.45, 2.75) is 25.7 Å². The number of Topliss-reactive ketones (excluding diaryl/α,β-unsaturated/α-hetero) is 2. The van der Waals surface area contributed by atoms with Crippen molar-refractivity contribution in [3.8, 4) is 12.1 Å². The van der Waals surface area contributed by atoms with E-state index in [1.807, 2.05) is 6.07 Å². The van der Waals surface area contributed by atoms with Crippen LogP contribution in [0.15, 0.2) is 35.9 Å². The van der Waals surface area contributed by atoms with Gasteiger partial charge in [-0.25, -0.2) is 0 Å². The summed E-state index contributed by atoms with van der Waals surface area (Å²) < 4.78 is 0. The number of allylic oxidation sites excluding steroid dienone is 2. The maximum absolute atomic E-state index is 12.8. The van der Waals surface area contributed by atoms with Crippen LogP contribution in [-0.2, 0) is 4.79 Å². The third-order valence-corrected chi connectivity index (χ3v) is 4.74. The first kappa shape index (κ1) is 14.2. The number of rotatable bonds is 2. The zero-order chi connectivity index (χ0) is 15.7. The molecule has 0 N–H and O–H groups in total. The van der Waals surface area contributed by atoms with Crippen molar-refractivity contribution < 1.29 is 9.59 Å². The van der Waals surface area contributed by atoms with E-state index in [0.29, 0.717) is 29.5 Å². The Labute approximate surface area is 128 Å². The van der Waals surface area contributed by atoms with Gasteiger partial charge in [0.15, 0.2) is 11.6 Å². The molecule has 1 fully saturated rings. The minimum absolute atomic E-state index is 0.0731. The predicted molar refractivity (Wildman–Crippen MR) is 78.6 cm³/mol. The number of fused-ring (bicyclic) bond motifs is 1. The van der Waals surface area contributed by atoms with Gasteiger partial charge in [0, 0.05) is 17.6 Å². The van der Waals surface area contributed by atoms with Crippen molar-refractivity contribution in [3.05, 3.63) is 47.0 Å². The summed E-state index contributed by atoms with van der Waals surface area (Å²) >= 11 is 0. The summed E-state index contributed by atoms with van der Waals surface area (Å²) in [7, 11) is 0. The number of carbonyl (C=O) groups excluding carboxylic acids is 2. The SMILES string of the molecule is N#Cc1ccc(C(=O)C2=CCC3CCCC(=O)C23C#N)cc1. The van der Waals surface area contributed by atoms with Gasteiger partial charge in [-0.05, 0) is 49.4 Å². The summed E-state index contributed by atoms with van der Waals surface area (Å²) in [6.07, 6.45) is 4.33. The van der Waals surface area contributed by atoms with E-state index < -0.39 is 5.41 Å². The van der Waals surface area contributed by atoms with E-state index >= 15 is 0 Å². The average Bonchev–Trinajstić information content (AvgIpc) is 2.95. The van der Waals surface area contributed by atoms with Gasteiger partial charge in [0.1, 0.15) is 5.41 Å². The minimum atomic E-state index is -1.26. The number of benzene rings is 1. The molecule has 0 amide bonds. The molecule has 0 heterocycles. The fraction of sp³-hybridized carbons (Fsp3) is 0.333. The molecule has 108 valence electrons. The monoisotopic (exact) mass is 290 g/mol. The maximum atomic E-state index is 12.8. The normalized spacial score (nSPS) is 26.5. The number of nitriles is 2. The molecule has 22 heavy (non-hydrogen) atoms. The topological polar surface area (TPSA) is 81.7 Å². The Hall–Kier alpha value is -2.72. The zero-order valence-corrected chi connectivity index (χ0v) is 12.0. The molecule has 1 saturated carbocycles. The summed E-state index contributed by atoms with van der Waals surface area (Å²) in [5, 5.41) is 18.5. The number of hydrogen-bond donors (Lipinski definition) is 0. The Kier molecular flexibility index (Phi) is 3.39. The Morgan fingerprint density at radius 3 is 2.59 bits per heavy atom. The molecule has 0 aliphatic heterocycles. The van der Waals surface area contributed by atoms with Gasteiger partial charge in [-0.3, -0.25) is 9.59 Å². The summed E-state index contributed by atoms with van der Waals surface area (Å²) in [5.74, 6) is -0.475. The van der Waals surface area contributed by atoms with E-state index in [2.05, 4.69) is 6.07 Å². The summed E-state index contributed by atoms with van der Waals surface area (Å²) in [6, 6.07) is 10.5. The van der Waals surface area contributed by atoms with Crippen LogP contribution in [0, 0.1) is 34.0 Å². The fourth-order valence-corrected chi connectivity index (χ4v) is 3.57. The van der Waals surface area contributed by atoms with E-state index in [-0.39, 0.29) is 17.5 Å². The maximum Gasteiger partial charge on any atom is 0.190 e. The molecule has 3 rings (SSSR count). The second kappa shape index (κ2) is 5.24. The molecule has 4 heteroatoms. The minimum Gasteiger partial charge on any atom is -0.298 e. The summed E-state index contributed by atoms with van der Waals surface area (Å²) in [5.41, 5.74) is -0.0460. The lowest BCUT2D eigenvalue weighted by atomic mass is 9.64. The molecule has 0 saturated heterocycles. The van der Waals surface area contributed by atoms with Crippen LogP contribution in [0.3, 0.4) is 0 Å². The largest absolute Gasteiger partial charge is 0.298 e. The van der Waals surface area contributed by atoms with Crippen molar-refractivity contribution in [1.29, 1.82) is 10.5 Å². The average molecular weight is 290 g/mol. The summed E-state index contributed by atoms with van der Waals surface area (Å²) in [6.45, 7) is 0. The van der Waals surface area contributed by atoms with Gasteiger partial charge in [-0.15, -0.1) is 0 Å². The first-order chi connectivity index (χ1) is 10.6. The number of ketones is 2. The van der Waals surface area contributed by atoms with Crippen molar-refractivity contribution in [3.63, 3.8) is 0 Å². The fourth-order valence-electron chi connectivity index (χ4n) is 3.57. The molecule has 2 aliphatic rings. The van der Waals surface area contributed by atoms with E-state index in [4.69, 9.17) is 5.26 Å². The molecular weight excluding hydrogens is 276 g/mol. The van der Waals surface area contributed by atoms with E-state index in [1.165, 1.54) is 0 Å². The Morgan fingerprint density at radius 2 is 1.95 bits per heavy atom.